The smallest absolute Gasteiger partial charge is 0.183 e. The first kappa shape index (κ1) is 7.53. The summed E-state index contributed by atoms with van der Waals surface area (Å²) in [4.78, 5) is 0. The van der Waals surface area contributed by atoms with Gasteiger partial charge in [0.1, 0.15) is 6.10 Å². The zero-order valence-electron chi connectivity index (χ0n) is 6.75. The van der Waals surface area contributed by atoms with Gasteiger partial charge in [0.2, 0.25) is 0 Å². The first-order valence-electron chi connectivity index (χ1n) is 4.14. The molecule has 2 fully saturated rings. The Kier molecular flexibility index (Phi) is 1.67. The Hall–Kier alpha value is -0.120. The maximum Gasteiger partial charge on any atom is 0.183 e. The Morgan fingerprint density at radius 2 is 2.18 bits per heavy atom. The molecule has 0 aromatic carbocycles. The summed E-state index contributed by atoms with van der Waals surface area (Å²) in [6.07, 6.45) is 3.28. The molecule has 0 radical (unpaired) electrons. The quantitative estimate of drug-likeness (QED) is 0.609. The molecular formula is C8H14O3. The number of aliphatic hydroxyl groups excluding tert-OH is 1. The average molecular weight is 158 g/mol. The van der Waals surface area contributed by atoms with Crippen molar-refractivity contribution in [3.05, 3.63) is 0 Å². The monoisotopic (exact) mass is 158 g/mol. The maximum atomic E-state index is 9.38. The number of hydrogen-bond donors (Lipinski definition) is 1. The second kappa shape index (κ2) is 2.44. The van der Waals surface area contributed by atoms with E-state index in [9.17, 15) is 5.11 Å². The van der Waals surface area contributed by atoms with Crippen molar-refractivity contribution in [2.45, 2.75) is 43.7 Å². The minimum absolute atomic E-state index is 0.0971. The van der Waals surface area contributed by atoms with Crippen LogP contribution in [0.3, 0.4) is 0 Å². The lowest BCUT2D eigenvalue weighted by Crippen LogP contribution is -2.41. The van der Waals surface area contributed by atoms with E-state index in [-0.39, 0.29) is 11.9 Å². The van der Waals surface area contributed by atoms with E-state index in [2.05, 4.69) is 0 Å². The van der Waals surface area contributed by atoms with Crippen LogP contribution in [0.2, 0.25) is 0 Å². The third-order valence-electron chi connectivity index (χ3n) is 2.62. The minimum Gasteiger partial charge on any atom is -0.388 e. The zero-order valence-corrected chi connectivity index (χ0v) is 6.75. The zero-order chi connectivity index (χ0) is 7.90. The summed E-state index contributed by atoms with van der Waals surface area (Å²) in [5, 5.41) is 9.38. The summed E-state index contributed by atoms with van der Waals surface area (Å²) in [6, 6.07) is 0. The van der Waals surface area contributed by atoms with Crippen LogP contribution in [0.25, 0.3) is 0 Å². The molecule has 1 N–H and O–H groups in total. The Labute approximate surface area is 66.3 Å². The van der Waals surface area contributed by atoms with Crippen LogP contribution >= 0.6 is 0 Å². The van der Waals surface area contributed by atoms with Gasteiger partial charge < -0.3 is 14.6 Å². The van der Waals surface area contributed by atoms with Gasteiger partial charge in [-0.25, -0.2) is 0 Å². The van der Waals surface area contributed by atoms with Gasteiger partial charge in [0.15, 0.2) is 6.29 Å². The molecule has 0 bridgehead atoms. The molecule has 2 rings (SSSR count). The molecule has 1 aliphatic carbocycles. The highest BCUT2D eigenvalue weighted by atomic mass is 16.7. The molecule has 0 aromatic heterocycles. The van der Waals surface area contributed by atoms with E-state index in [0.717, 1.165) is 25.7 Å². The van der Waals surface area contributed by atoms with E-state index in [1.165, 1.54) is 0 Å². The number of aliphatic hydroxyl groups is 1. The van der Waals surface area contributed by atoms with Crippen molar-refractivity contribution in [2.75, 3.05) is 7.11 Å². The van der Waals surface area contributed by atoms with Crippen molar-refractivity contribution in [1.82, 2.24) is 0 Å². The van der Waals surface area contributed by atoms with Crippen molar-refractivity contribution >= 4 is 0 Å². The fraction of sp³-hybridized carbons (Fsp3) is 1.00. The van der Waals surface area contributed by atoms with E-state index >= 15 is 0 Å². The van der Waals surface area contributed by atoms with E-state index in [4.69, 9.17) is 9.47 Å². The molecule has 0 amide bonds. The number of methoxy groups -OCH3 is 1. The SMILES string of the molecule is COC1OC2(CCC1O)CC2. The van der Waals surface area contributed by atoms with Gasteiger partial charge in [0, 0.05) is 7.11 Å². The topological polar surface area (TPSA) is 38.7 Å². The predicted molar refractivity (Wildman–Crippen MR) is 39.1 cm³/mol. The lowest BCUT2D eigenvalue weighted by molar-refractivity contribution is -0.238. The van der Waals surface area contributed by atoms with Gasteiger partial charge in [-0.1, -0.05) is 0 Å². The second-order valence-corrected chi connectivity index (χ2v) is 3.51. The summed E-state index contributed by atoms with van der Waals surface area (Å²) in [5.41, 5.74) is 0.0971. The molecule has 1 aliphatic heterocycles. The van der Waals surface area contributed by atoms with Gasteiger partial charge in [-0.2, -0.15) is 0 Å². The Morgan fingerprint density at radius 3 is 2.73 bits per heavy atom. The van der Waals surface area contributed by atoms with Gasteiger partial charge in [0.25, 0.3) is 0 Å². The van der Waals surface area contributed by atoms with Crippen LogP contribution in [0.5, 0.6) is 0 Å². The fourth-order valence-corrected chi connectivity index (χ4v) is 1.64. The van der Waals surface area contributed by atoms with Crippen molar-refractivity contribution in [1.29, 1.82) is 0 Å². The first-order chi connectivity index (χ1) is 5.26. The molecule has 0 aromatic rings. The van der Waals surface area contributed by atoms with Crippen LogP contribution in [0.4, 0.5) is 0 Å². The summed E-state index contributed by atoms with van der Waals surface area (Å²) >= 11 is 0. The molecule has 3 nitrogen and oxygen atoms in total. The summed E-state index contributed by atoms with van der Waals surface area (Å²) < 4.78 is 10.6. The highest BCUT2D eigenvalue weighted by Gasteiger charge is 2.50. The number of hydrogen-bond acceptors (Lipinski definition) is 3. The fourth-order valence-electron chi connectivity index (χ4n) is 1.64. The van der Waals surface area contributed by atoms with Crippen molar-refractivity contribution in [2.24, 2.45) is 0 Å². The van der Waals surface area contributed by atoms with Crippen LogP contribution in [-0.4, -0.2) is 30.2 Å². The van der Waals surface area contributed by atoms with E-state index in [1.807, 2.05) is 0 Å². The predicted octanol–water partition coefficient (Wildman–Crippen LogP) is 0.663. The molecule has 1 spiro atoms. The molecule has 3 heteroatoms. The van der Waals surface area contributed by atoms with Crippen LogP contribution in [-0.2, 0) is 9.47 Å². The largest absolute Gasteiger partial charge is 0.388 e. The third kappa shape index (κ3) is 1.28. The molecule has 2 unspecified atom stereocenters. The van der Waals surface area contributed by atoms with Gasteiger partial charge in [-0.15, -0.1) is 0 Å². The molecule has 1 saturated carbocycles. The van der Waals surface area contributed by atoms with Crippen molar-refractivity contribution in [3.8, 4) is 0 Å². The molecule has 1 heterocycles. The lowest BCUT2D eigenvalue weighted by Gasteiger charge is -2.32. The van der Waals surface area contributed by atoms with Gasteiger partial charge >= 0.3 is 0 Å². The Balaban J connectivity index is 1.96. The number of ether oxygens (including phenoxy) is 2. The van der Waals surface area contributed by atoms with Crippen LogP contribution in [0, 0.1) is 0 Å². The van der Waals surface area contributed by atoms with E-state index in [1.54, 1.807) is 7.11 Å². The van der Waals surface area contributed by atoms with Crippen molar-refractivity contribution in [3.63, 3.8) is 0 Å². The Morgan fingerprint density at radius 1 is 1.45 bits per heavy atom. The summed E-state index contributed by atoms with van der Waals surface area (Å²) in [5.74, 6) is 0. The van der Waals surface area contributed by atoms with E-state index < -0.39 is 6.10 Å². The van der Waals surface area contributed by atoms with Gasteiger partial charge in [-0.3, -0.25) is 0 Å². The molecule has 1 saturated heterocycles. The summed E-state index contributed by atoms with van der Waals surface area (Å²) in [7, 11) is 1.58. The second-order valence-electron chi connectivity index (χ2n) is 3.51. The van der Waals surface area contributed by atoms with E-state index in [0.29, 0.717) is 0 Å². The molecule has 2 aliphatic rings. The first-order valence-corrected chi connectivity index (χ1v) is 4.14. The maximum absolute atomic E-state index is 9.38. The van der Waals surface area contributed by atoms with Crippen molar-refractivity contribution < 1.29 is 14.6 Å². The molecule has 11 heavy (non-hydrogen) atoms. The minimum atomic E-state index is -0.425. The molecule has 64 valence electrons. The highest BCUT2D eigenvalue weighted by Crippen LogP contribution is 2.47. The van der Waals surface area contributed by atoms with Crippen LogP contribution in [0.15, 0.2) is 0 Å². The Bertz CT molecular complexity index is 153. The van der Waals surface area contributed by atoms with Crippen LogP contribution < -0.4 is 0 Å². The van der Waals surface area contributed by atoms with Gasteiger partial charge in [-0.05, 0) is 25.7 Å². The number of rotatable bonds is 1. The normalized spacial score (nSPS) is 40.9. The molecule has 2 atom stereocenters. The average Bonchev–Trinajstić information content (AvgIpc) is 2.76. The molecular weight excluding hydrogens is 144 g/mol. The standard InChI is InChI=1S/C8H14O3/c1-10-7-6(9)2-3-8(11-7)4-5-8/h6-7,9H,2-5H2,1H3. The summed E-state index contributed by atoms with van der Waals surface area (Å²) in [6.45, 7) is 0. The van der Waals surface area contributed by atoms with Gasteiger partial charge in [0.05, 0.1) is 5.60 Å². The lowest BCUT2D eigenvalue weighted by atomic mass is 10.0. The highest BCUT2D eigenvalue weighted by molar-refractivity contribution is 4.99. The van der Waals surface area contributed by atoms with Crippen LogP contribution in [0.1, 0.15) is 25.7 Å². The third-order valence-corrected chi connectivity index (χ3v) is 2.62.